The topological polar surface area (TPSA) is 29.1 Å². The number of halogens is 4. The lowest BCUT2D eigenvalue weighted by atomic mass is 10.2. The Morgan fingerprint density at radius 2 is 1.82 bits per heavy atom. The Kier molecular flexibility index (Phi) is 6.65. The van der Waals surface area contributed by atoms with Gasteiger partial charge in [0.15, 0.2) is 0 Å². The summed E-state index contributed by atoms with van der Waals surface area (Å²) in [6.45, 7) is 1.98. The average molecular weight is 484 g/mol. The van der Waals surface area contributed by atoms with E-state index in [4.69, 9.17) is 23.2 Å². The van der Waals surface area contributed by atoms with Gasteiger partial charge in [-0.2, -0.15) is 0 Å². The smallest absolute Gasteiger partial charge is 0.234 e. The van der Waals surface area contributed by atoms with Crippen molar-refractivity contribution < 1.29 is 4.79 Å². The molecule has 7 heteroatoms. The van der Waals surface area contributed by atoms with Gasteiger partial charge < -0.3 is 5.32 Å². The maximum absolute atomic E-state index is 12.1. The Labute approximate surface area is 160 Å². The highest BCUT2D eigenvalue weighted by Gasteiger charge is 2.11. The van der Waals surface area contributed by atoms with Crippen LogP contribution in [0.4, 0.5) is 5.69 Å². The number of rotatable bonds is 4. The summed E-state index contributed by atoms with van der Waals surface area (Å²) in [7, 11) is 0. The van der Waals surface area contributed by atoms with Gasteiger partial charge in [0.05, 0.1) is 16.5 Å². The monoisotopic (exact) mass is 481 g/mol. The molecule has 0 aliphatic rings. The number of amides is 1. The van der Waals surface area contributed by atoms with Crippen molar-refractivity contribution in [3.63, 3.8) is 0 Å². The first-order valence-corrected chi connectivity index (χ1v) is 9.53. The van der Waals surface area contributed by atoms with Crippen molar-refractivity contribution in [2.45, 2.75) is 11.8 Å². The number of carbonyl (C=O) groups is 1. The molecule has 2 nitrogen and oxygen atoms in total. The van der Waals surface area contributed by atoms with Crippen molar-refractivity contribution in [2.75, 3.05) is 11.1 Å². The lowest BCUT2D eigenvalue weighted by molar-refractivity contribution is -0.113. The molecule has 0 atom stereocenters. The number of nitrogens with one attached hydrogen (secondary N) is 1. The molecule has 0 fully saturated rings. The first-order chi connectivity index (χ1) is 10.4. The number of aryl methyl sites for hydroxylation is 1. The van der Waals surface area contributed by atoms with E-state index in [1.165, 1.54) is 11.8 Å². The van der Waals surface area contributed by atoms with Gasteiger partial charge >= 0.3 is 0 Å². The number of hydrogen-bond acceptors (Lipinski definition) is 2. The van der Waals surface area contributed by atoms with Gasteiger partial charge in [0.1, 0.15) is 0 Å². The summed E-state index contributed by atoms with van der Waals surface area (Å²) in [5.74, 6) is 0.124. The van der Waals surface area contributed by atoms with Crippen molar-refractivity contribution in [2.24, 2.45) is 0 Å². The molecule has 0 bridgehead atoms. The highest BCUT2D eigenvalue weighted by atomic mass is 79.9. The van der Waals surface area contributed by atoms with Gasteiger partial charge in [-0.05, 0) is 74.7 Å². The Balaban J connectivity index is 2.03. The predicted octanol–water partition coefficient (Wildman–Crippen LogP) is 6.56. The van der Waals surface area contributed by atoms with Gasteiger partial charge in [-0.25, -0.2) is 0 Å². The fraction of sp³-hybridized carbons (Fsp3) is 0.133. The van der Waals surface area contributed by atoms with E-state index in [9.17, 15) is 4.79 Å². The maximum Gasteiger partial charge on any atom is 0.234 e. The van der Waals surface area contributed by atoms with Crippen LogP contribution in [0.15, 0.2) is 44.2 Å². The van der Waals surface area contributed by atoms with Gasteiger partial charge in [0, 0.05) is 18.9 Å². The molecule has 1 N–H and O–H groups in total. The van der Waals surface area contributed by atoms with Gasteiger partial charge in [-0.3, -0.25) is 4.79 Å². The zero-order chi connectivity index (χ0) is 16.3. The molecule has 0 saturated carbocycles. The van der Waals surface area contributed by atoms with Crippen molar-refractivity contribution in [3.05, 3.63) is 54.9 Å². The number of thioether (sulfide) groups is 1. The molecule has 2 rings (SSSR count). The van der Waals surface area contributed by atoms with Crippen LogP contribution in [0.3, 0.4) is 0 Å². The minimum Gasteiger partial charge on any atom is -0.323 e. The van der Waals surface area contributed by atoms with Crippen LogP contribution in [0.25, 0.3) is 0 Å². The summed E-state index contributed by atoms with van der Waals surface area (Å²) < 4.78 is 1.66. The Morgan fingerprint density at radius 3 is 2.45 bits per heavy atom. The molecule has 0 heterocycles. The molecule has 0 spiro atoms. The molecule has 2 aromatic rings. The summed E-state index contributed by atoms with van der Waals surface area (Å²) in [4.78, 5) is 12.9. The van der Waals surface area contributed by atoms with Crippen LogP contribution in [-0.2, 0) is 4.79 Å². The first-order valence-electron chi connectivity index (χ1n) is 6.20. The Hall–Kier alpha value is -0.200. The molecule has 2 aromatic carbocycles. The highest BCUT2D eigenvalue weighted by molar-refractivity contribution is 9.11. The second kappa shape index (κ2) is 8.06. The van der Waals surface area contributed by atoms with Crippen LogP contribution in [0.1, 0.15) is 5.56 Å². The molecular formula is C15H11Br2Cl2NOS. The molecular weight excluding hydrogens is 473 g/mol. The minimum absolute atomic E-state index is 0.119. The van der Waals surface area contributed by atoms with E-state index in [2.05, 4.69) is 37.2 Å². The fourth-order valence-corrected chi connectivity index (χ4v) is 4.63. The van der Waals surface area contributed by atoms with Crippen LogP contribution in [0, 0.1) is 6.92 Å². The third-order valence-electron chi connectivity index (χ3n) is 2.70. The van der Waals surface area contributed by atoms with Crippen LogP contribution in [-0.4, -0.2) is 11.7 Å². The first kappa shape index (κ1) is 18.1. The van der Waals surface area contributed by atoms with Crippen LogP contribution in [0.5, 0.6) is 0 Å². The average Bonchev–Trinajstić information content (AvgIpc) is 2.44. The zero-order valence-corrected chi connectivity index (χ0v) is 16.9. The minimum atomic E-state index is -0.119. The van der Waals surface area contributed by atoms with E-state index in [1.807, 2.05) is 19.1 Å². The van der Waals surface area contributed by atoms with E-state index < -0.39 is 0 Å². The number of carbonyl (C=O) groups excluding carboxylic acids is 1. The second-order valence-electron chi connectivity index (χ2n) is 4.52. The molecule has 0 unspecified atom stereocenters. The molecule has 0 aliphatic heterocycles. The van der Waals surface area contributed by atoms with Crippen LogP contribution < -0.4 is 5.32 Å². The molecule has 0 aromatic heterocycles. The van der Waals surface area contributed by atoms with Gasteiger partial charge in [0.25, 0.3) is 0 Å². The second-order valence-corrected chi connectivity index (χ2v) is 8.08. The molecule has 1 amide bonds. The highest BCUT2D eigenvalue weighted by Crippen LogP contribution is 2.33. The molecule has 22 heavy (non-hydrogen) atoms. The fourth-order valence-electron chi connectivity index (χ4n) is 1.73. The third kappa shape index (κ3) is 4.90. The van der Waals surface area contributed by atoms with Crippen molar-refractivity contribution in [1.82, 2.24) is 0 Å². The summed E-state index contributed by atoms with van der Waals surface area (Å²) >= 11 is 20.3. The summed E-state index contributed by atoms with van der Waals surface area (Å²) in [5.41, 5.74) is 1.81. The van der Waals surface area contributed by atoms with Crippen LogP contribution >= 0.6 is 66.8 Å². The number of hydrogen-bond donors (Lipinski definition) is 1. The van der Waals surface area contributed by atoms with Gasteiger partial charge in [-0.1, -0.05) is 23.2 Å². The van der Waals surface area contributed by atoms with Gasteiger partial charge in [-0.15, -0.1) is 11.8 Å². The maximum atomic E-state index is 12.1. The van der Waals surface area contributed by atoms with Crippen molar-refractivity contribution in [3.8, 4) is 0 Å². The molecule has 0 radical (unpaired) electrons. The summed E-state index contributed by atoms with van der Waals surface area (Å²) in [6, 6.07) is 9.08. The quantitative estimate of drug-likeness (QED) is 0.499. The molecule has 0 aliphatic carbocycles. The number of anilines is 1. The van der Waals surface area contributed by atoms with E-state index in [1.54, 1.807) is 18.2 Å². The lowest BCUT2D eigenvalue weighted by Gasteiger charge is -2.11. The van der Waals surface area contributed by atoms with Crippen molar-refractivity contribution >= 4 is 78.4 Å². The van der Waals surface area contributed by atoms with E-state index in [0.717, 1.165) is 19.4 Å². The van der Waals surface area contributed by atoms with Crippen molar-refractivity contribution in [1.29, 1.82) is 0 Å². The van der Waals surface area contributed by atoms with E-state index in [-0.39, 0.29) is 11.7 Å². The standard InChI is InChI=1S/C15H11Br2Cl2NOS/c1-8-4-10(16)15(11(17)5-8)20-14(21)7-22-13-6-9(18)2-3-12(13)19/h2-6H,7H2,1H3,(H,20,21). The normalized spacial score (nSPS) is 10.6. The lowest BCUT2D eigenvalue weighted by Crippen LogP contribution is -2.15. The SMILES string of the molecule is Cc1cc(Br)c(NC(=O)CSc2cc(Cl)ccc2Cl)c(Br)c1. The largest absolute Gasteiger partial charge is 0.323 e. The predicted molar refractivity (Wildman–Crippen MR) is 102 cm³/mol. The van der Waals surface area contributed by atoms with Crippen LogP contribution in [0.2, 0.25) is 10.0 Å². The summed E-state index contributed by atoms with van der Waals surface area (Å²) in [5, 5.41) is 4.06. The zero-order valence-electron chi connectivity index (χ0n) is 11.4. The Bertz CT molecular complexity index is 702. The summed E-state index contributed by atoms with van der Waals surface area (Å²) in [6.07, 6.45) is 0. The molecule has 0 saturated heterocycles. The third-order valence-corrected chi connectivity index (χ3v) is 5.69. The number of benzene rings is 2. The Morgan fingerprint density at radius 1 is 1.18 bits per heavy atom. The van der Waals surface area contributed by atoms with E-state index >= 15 is 0 Å². The molecule has 116 valence electrons. The van der Waals surface area contributed by atoms with Gasteiger partial charge in [0.2, 0.25) is 5.91 Å². The van der Waals surface area contributed by atoms with E-state index in [0.29, 0.717) is 15.7 Å².